The molecule has 1 N–H and O–H groups in total. The zero-order valence-electron chi connectivity index (χ0n) is 15.5. The van der Waals surface area contributed by atoms with Gasteiger partial charge < -0.3 is 9.84 Å². The van der Waals surface area contributed by atoms with Gasteiger partial charge in [0.25, 0.3) is 15.9 Å². The first-order valence-electron chi connectivity index (χ1n) is 8.44. The average Bonchev–Trinajstić information content (AvgIpc) is 2.97. The number of carbonyl (C=O) groups is 1. The summed E-state index contributed by atoms with van der Waals surface area (Å²) in [6.45, 7) is 1.99. The van der Waals surface area contributed by atoms with E-state index in [2.05, 4.69) is 4.40 Å². The first-order valence-corrected chi connectivity index (χ1v) is 11.1. The number of rotatable bonds is 5. The quantitative estimate of drug-likeness (QED) is 0.694. The summed E-state index contributed by atoms with van der Waals surface area (Å²) in [5.41, 5.74) is 0.619. The van der Waals surface area contributed by atoms with E-state index in [-0.39, 0.29) is 34.0 Å². The predicted octanol–water partition coefficient (Wildman–Crippen LogP) is 3.74. The molecule has 10 heteroatoms. The van der Waals surface area contributed by atoms with Gasteiger partial charge in [-0.3, -0.25) is 9.69 Å². The molecule has 1 heterocycles. The maximum Gasteiger partial charge on any atom is 0.284 e. The topological polar surface area (TPSA) is 96.3 Å². The third-order valence-corrected chi connectivity index (χ3v) is 6.67. The standard InChI is InChI=1S/C19H17ClN2O5S2/c1-3-22-18(24)17(11-12-4-9-15(23)16(10-12)27-2)28-19(22)21-29(25,26)14-7-5-13(20)6-8-14/h4-11,23H,3H2,1-2H3/b17-11-,21-19+. The molecule has 1 aliphatic rings. The minimum Gasteiger partial charge on any atom is -0.504 e. The molecule has 0 radical (unpaired) electrons. The molecular formula is C19H17ClN2O5S2. The van der Waals surface area contributed by atoms with Crippen LogP contribution in [-0.4, -0.2) is 43.2 Å². The van der Waals surface area contributed by atoms with Gasteiger partial charge in [0.2, 0.25) is 0 Å². The number of amides is 1. The molecule has 1 amide bonds. The highest BCUT2D eigenvalue weighted by Crippen LogP contribution is 2.35. The Morgan fingerprint density at radius 2 is 1.93 bits per heavy atom. The van der Waals surface area contributed by atoms with E-state index in [1.807, 2.05) is 0 Å². The normalized spacial score (nSPS) is 17.3. The molecule has 1 aliphatic heterocycles. The minimum absolute atomic E-state index is 0.0146. The summed E-state index contributed by atoms with van der Waals surface area (Å²) in [7, 11) is -2.58. The number of aromatic hydroxyl groups is 1. The Bertz CT molecular complexity index is 1110. The molecule has 3 rings (SSSR count). The molecule has 2 aromatic rings. The molecule has 0 saturated carbocycles. The van der Waals surface area contributed by atoms with E-state index in [9.17, 15) is 18.3 Å². The lowest BCUT2D eigenvalue weighted by molar-refractivity contribution is -0.122. The van der Waals surface area contributed by atoms with Crippen molar-refractivity contribution in [3.05, 3.63) is 58.0 Å². The molecule has 0 unspecified atom stereocenters. The minimum atomic E-state index is -4.01. The fourth-order valence-electron chi connectivity index (χ4n) is 2.55. The number of hydrogen-bond acceptors (Lipinski definition) is 6. The van der Waals surface area contributed by atoms with Gasteiger partial charge in [-0.05, 0) is 66.7 Å². The van der Waals surface area contributed by atoms with Gasteiger partial charge in [-0.25, -0.2) is 0 Å². The smallest absolute Gasteiger partial charge is 0.284 e. The number of phenolic OH excluding ortho intramolecular Hbond substituents is 1. The van der Waals surface area contributed by atoms with Crippen molar-refractivity contribution in [3.63, 3.8) is 0 Å². The van der Waals surface area contributed by atoms with E-state index >= 15 is 0 Å². The second-order valence-electron chi connectivity index (χ2n) is 5.89. The van der Waals surface area contributed by atoms with Crippen LogP contribution in [0.1, 0.15) is 12.5 Å². The third-order valence-electron chi connectivity index (χ3n) is 4.02. The molecule has 152 valence electrons. The Morgan fingerprint density at radius 1 is 1.24 bits per heavy atom. The van der Waals surface area contributed by atoms with Crippen LogP contribution in [0.4, 0.5) is 0 Å². The fraction of sp³-hybridized carbons (Fsp3) is 0.158. The second-order valence-corrected chi connectivity index (χ2v) is 8.94. The van der Waals surface area contributed by atoms with Gasteiger partial charge in [-0.1, -0.05) is 17.7 Å². The Balaban J connectivity index is 1.96. The molecule has 7 nitrogen and oxygen atoms in total. The highest BCUT2D eigenvalue weighted by Gasteiger charge is 2.34. The molecule has 0 aliphatic carbocycles. The summed E-state index contributed by atoms with van der Waals surface area (Å²) in [5, 5.41) is 10.2. The van der Waals surface area contributed by atoms with Crippen molar-refractivity contribution < 1.29 is 23.1 Å². The van der Waals surface area contributed by atoms with Crippen molar-refractivity contribution in [2.45, 2.75) is 11.8 Å². The Labute approximate surface area is 177 Å². The Morgan fingerprint density at radius 3 is 2.55 bits per heavy atom. The molecule has 29 heavy (non-hydrogen) atoms. The number of phenols is 1. The van der Waals surface area contributed by atoms with E-state index in [1.54, 1.807) is 25.1 Å². The number of ether oxygens (including phenoxy) is 1. The van der Waals surface area contributed by atoms with E-state index in [0.29, 0.717) is 15.5 Å². The van der Waals surface area contributed by atoms with Gasteiger partial charge in [0.15, 0.2) is 16.7 Å². The van der Waals surface area contributed by atoms with Gasteiger partial charge in [0.1, 0.15) is 0 Å². The summed E-state index contributed by atoms with van der Waals surface area (Å²) in [4.78, 5) is 14.3. The van der Waals surface area contributed by atoms with Gasteiger partial charge in [-0.2, -0.15) is 8.42 Å². The van der Waals surface area contributed by atoms with Crippen molar-refractivity contribution >= 4 is 50.5 Å². The largest absolute Gasteiger partial charge is 0.504 e. The number of amidine groups is 1. The molecule has 1 fully saturated rings. The zero-order valence-corrected chi connectivity index (χ0v) is 17.9. The number of halogens is 1. The van der Waals surface area contributed by atoms with Crippen molar-refractivity contribution in [2.24, 2.45) is 4.40 Å². The highest BCUT2D eigenvalue weighted by molar-refractivity contribution is 8.19. The maximum absolute atomic E-state index is 12.7. The number of benzene rings is 2. The number of nitrogens with zero attached hydrogens (tertiary/aromatic N) is 2. The van der Waals surface area contributed by atoms with E-state index < -0.39 is 10.0 Å². The van der Waals surface area contributed by atoms with Crippen LogP contribution in [0.3, 0.4) is 0 Å². The Hall–Kier alpha value is -2.49. The summed E-state index contributed by atoms with van der Waals surface area (Å²) in [6.07, 6.45) is 1.59. The predicted molar refractivity (Wildman–Crippen MR) is 114 cm³/mol. The average molecular weight is 453 g/mol. The van der Waals surface area contributed by atoms with Crippen LogP contribution >= 0.6 is 23.4 Å². The fourth-order valence-corrected chi connectivity index (χ4v) is 4.92. The molecular weight excluding hydrogens is 436 g/mol. The van der Waals surface area contributed by atoms with Crippen molar-refractivity contribution in [3.8, 4) is 11.5 Å². The number of likely N-dealkylation sites (N-methyl/N-ethyl adjacent to an activating group) is 1. The van der Waals surface area contributed by atoms with E-state index in [0.717, 1.165) is 11.8 Å². The first kappa shape index (κ1) is 21.2. The summed E-state index contributed by atoms with van der Waals surface area (Å²) < 4.78 is 34.1. The van der Waals surface area contributed by atoms with Crippen molar-refractivity contribution in [1.82, 2.24) is 4.90 Å². The van der Waals surface area contributed by atoms with Crippen LogP contribution < -0.4 is 4.74 Å². The monoisotopic (exact) mass is 452 g/mol. The Kier molecular flexibility index (Phi) is 6.21. The molecule has 0 spiro atoms. The number of methoxy groups -OCH3 is 1. The lowest BCUT2D eigenvalue weighted by atomic mass is 10.2. The lowest BCUT2D eigenvalue weighted by Gasteiger charge is -2.11. The summed E-state index contributed by atoms with van der Waals surface area (Å²) >= 11 is 6.77. The van der Waals surface area contributed by atoms with E-state index in [4.69, 9.17) is 16.3 Å². The number of thioether (sulfide) groups is 1. The molecule has 0 bridgehead atoms. The van der Waals surface area contributed by atoms with Gasteiger partial charge in [-0.15, -0.1) is 4.40 Å². The molecule has 0 atom stereocenters. The second kappa shape index (κ2) is 8.48. The van der Waals surface area contributed by atoms with Crippen molar-refractivity contribution in [1.29, 1.82) is 0 Å². The molecule has 2 aromatic carbocycles. The SMILES string of the molecule is CCN1C(=O)/C(=C/c2ccc(O)c(OC)c2)S/C1=N/S(=O)(=O)c1ccc(Cl)cc1. The number of sulfonamides is 1. The maximum atomic E-state index is 12.7. The molecule has 1 saturated heterocycles. The first-order chi connectivity index (χ1) is 13.7. The van der Waals surface area contributed by atoms with Crippen LogP contribution in [-0.2, 0) is 14.8 Å². The summed E-state index contributed by atoms with van der Waals surface area (Å²) in [5.74, 6) is -0.109. The van der Waals surface area contributed by atoms with E-state index in [1.165, 1.54) is 42.3 Å². The van der Waals surface area contributed by atoms with Crippen molar-refractivity contribution in [2.75, 3.05) is 13.7 Å². The van der Waals surface area contributed by atoms with Gasteiger partial charge >= 0.3 is 0 Å². The number of carbonyl (C=O) groups excluding carboxylic acids is 1. The highest BCUT2D eigenvalue weighted by atomic mass is 35.5. The van der Waals surface area contributed by atoms with Crippen LogP contribution in [0, 0.1) is 0 Å². The van der Waals surface area contributed by atoms with Crippen LogP contribution in [0.2, 0.25) is 5.02 Å². The number of hydrogen-bond donors (Lipinski definition) is 1. The van der Waals surface area contributed by atoms with Crippen LogP contribution in [0.25, 0.3) is 6.08 Å². The van der Waals surface area contributed by atoms with Crippen LogP contribution in [0.5, 0.6) is 11.5 Å². The molecule has 0 aromatic heterocycles. The lowest BCUT2D eigenvalue weighted by Crippen LogP contribution is -2.29. The zero-order chi connectivity index (χ0) is 21.2. The third kappa shape index (κ3) is 4.58. The van der Waals surface area contributed by atoms with Crippen LogP contribution in [0.15, 0.2) is 56.7 Å². The summed E-state index contributed by atoms with van der Waals surface area (Å²) in [6, 6.07) is 10.3. The van der Waals surface area contributed by atoms with Gasteiger partial charge in [0, 0.05) is 11.6 Å². The van der Waals surface area contributed by atoms with Gasteiger partial charge in [0.05, 0.1) is 16.9 Å².